The predicted octanol–water partition coefficient (Wildman–Crippen LogP) is 0.866. The second-order valence-electron chi connectivity index (χ2n) is 3.17. The second-order valence-corrected chi connectivity index (χ2v) is 3.17. The van der Waals surface area contributed by atoms with E-state index in [1.807, 2.05) is 6.07 Å². The van der Waals surface area contributed by atoms with Crippen LogP contribution >= 0.6 is 0 Å². The Labute approximate surface area is 90.3 Å². The first-order chi connectivity index (χ1) is 7.67. The zero-order valence-corrected chi connectivity index (χ0v) is 8.44. The summed E-state index contributed by atoms with van der Waals surface area (Å²) < 4.78 is 31.5. The zero-order chi connectivity index (χ0) is 11.7. The van der Waals surface area contributed by atoms with Gasteiger partial charge in [-0.1, -0.05) is 0 Å². The van der Waals surface area contributed by atoms with Gasteiger partial charge in [0.2, 0.25) is 5.82 Å². The number of anilines is 1. The maximum Gasteiger partial charge on any atom is 0.314 e. The molecule has 1 aromatic heterocycles. The van der Waals surface area contributed by atoms with E-state index in [2.05, 4.69) is 9.97 Å². The number of rotatable bonds is 3. The van der Waals surface area contributed by atoms with Crippen molar-refractivity contribution < 1.29 is 13.5 Å². The third-order valence-corrected chi connectivity index (χ3v) is 2.09. The monoisotopic (exact) mass is 226 g/mol. The van der Waals surface area contributed by atoms with Crippen LogP contribution in [0.1, 0.15) is 6.92 Å². The molecule has 1 saturated heterocycles. The number of hydrogen-bond donors (Lipinski definition) is 0. The van der Waals surface area contributed by atoms with Crippen LogP contribution < -0.4 is 9.64 Å². The van der Waals surface area contributed by atoms with E-state index in [9.17, 15) is 8.78 Å². The number of aromatic nitrogens is 2. The van der Waals surface area contributed by atoms with E-state index in [0.29, 0.717) is 6.54 Å². The SMILES string of the molecule is CCOc1nc(F)nc(N2CC2C#N)c1F. The molecule has 0 aliphatic carbocycles. The number of halogens is 2. The highest BCUT2D eigenvalue weighted by Gasteiger charge is 2.38. The molecule has 0 amide bonds. The van der Waals surface area contributed by atoms with Crippen LogP contribution in [0.25, 0.3) is 0 Å². The highest BCUT2D eigenvalue weighted by Crippen LogP contribution is 2.31. The fraction of sp³-hybridized carbons (Fsp3) is 0.444. The summed E-state index contributed by atoms with van der Waals surface area (Å²) in [5, 5.41) is 8.59. The maximum atomic E-state index is 13.7. The molecule has 0 aromatic carbocycles. The quantitative estimate of drug-likeness (QED) is 0.565. The third kappa shape index (κ3) is 1.74. The highest BCUT2D eigenvalue weighted by molar-refractivity contribution is 5.53. The number of ether oxygens (including phenoxy) is 1. The van der Waals surface area contributed by atoms with Crippen molar-refractivity contribution in [3.63, 3.8) is 0 Å². The van der Waals surface area contributed by atoms with Crippen molar-refractivity contribution in [2.45, 2.75) is 13.0 Å². The Bertz CT molecular complexity index is 460. The van der Waals surface area contributed by atoms with Gasteiger partial charge in [0.1, 0.15) is 6.04 Å². The van der Waals surface area contributed by atoms with Gasteiger partial charge < -0.3 is 9.64 Å². The topological polar surface area (TPSA) is 61.8 Å². The van der Waals surface area contributed by atoms with Crippen molar-refractivity contribution in [2.24, 2.45) is 0 Å². The van der Waals surface area contributed by atoms with Crippen LogP contribution in [0.4, 0.5) is 14.6 Å². The molecule has 0 saturated carbocycles. The van der Waals surface area contributed by atoms with Crippen LogP contribution in [0.3, 0.4) is 0 Å². The molecule has 1 atom stereocenters. The summed E-state index contributed by atoms with van der Waals surface area (Å²) in [7, 11) is 0. The first-order valence-corrected chi connectivity index (χ1v) is 4.69. The number of hydrogen-bond acceptors (Lipinski definition) is 5. The van der Waals surface area contributed by atoms with Gasteiger partial charge in [-0.25, -0.2) is 0 Å². The van der Waals surface area contributed by atoms with Crippen LogP contribution in [0.15, 0.2) is 0 Å². The molecular formula is C9H8F2N4O. The normalized spacial score (nSPS) is 18.1. The highest BCUT2D eigenvalue weighted by atomic mass is 19.1. The second kappa shape index (κ2) is 3.89. The van der Waals surface area contributed by atoms with Crippen LogP contribution in [0.5, 0.6) is 5.88 Å². The molecular weight excluding hydrogens is 218 g/mol. The molecule has 1 unspecified atom stereocenters. The minimum Gasteiger partial charge on any atom is -0.476 e. The van der Waals surface area contributed by atoms with E-state index in [1.54, 1.807) is 6.92 Å². The molecule has 0 radical (unpaired) electrons. The molecule has 2 heterocycles. The van der Waals surface area contributed by atoms with Gasteiger partial charge in [-0.05, 0) is 6.92 Å². The molecule has 5 nitrogen and oxygen atoms in total. The van der Waals surface area contributed by atoms with Gasteiger partial charge >= 0.3 is 6.08 Å². The van der Waals surface area contributed by atoms with E-state index in [1.165, 1.54) is 4.90 Å². The fourth-order valence-corrected chi connectivity index (χ4v) is 1.30. The standard InChI is InChI=1S/C9H8F2N4O/c1-2-16-8-6(10)7(13-9(11)14-8)15-4-5(15)3-12/h5H,2,4H2,1H3. The molecule has 1 fully saturated rings. The van der Waals surface area contributed by atoms with E-state index in [-0.39, 0.29) is 12.4 Å². The summed E-state index contributed by atoms with van der Waals surface area (Å²) in [4.78, 5) is 7.85. The number of nitrogens with zero attached hydrogens (tertiary/aromatic N) is 4. The van der Waals surface area contributed by atoms with Crippen molar-refractivity contribution in [3.05, 3.63) is 11.9 Å². The molecule has 7 heteroatoms. The van der Waals surface area contributed by atoms with Gasteiger partial charge in [-0.15, -0.1) is 0 Å². The lowest BCUT2D eigenvalue weighted by molar-refractivity contribution is 0.298. The first-order valence-electron chi connectivity index (χ1n) is 4.69. The van der Waals surface area contributed by atoms with Crippen molar-refractivity contribution in [3.8, 4) is 11.9 Å². The Kier molecular flexibility index (Phi) is 2.56. The van der Waals surface area contributed by atoms with Crippen LogP contribution in [0.2, 0.25) is 0 Å². The maximum absolute atomic E-state index is 13.7. The molecule has 0 spiro atoms. The average Bonchev–Trinajstić information content (AvgIpc) is 3.02. The predicted molar refractivity (Wildman–Crippen MR) is 49.9 cm³/mol. The molecule has 84 valence electrons. The lowest BCUT2D eigenvalue weighted by Gasteiger charge is -2.07. The first kappa shape index (κ1) is 10.5. The van der Waals surface area contributed by atoms with Crippen molar-refractivity contribution in [1.29, 1.82) is 5.26 Å². The molecule has 1 aliphatic heterocycles. The summed E-state index contributed by atoms with van der Waals surface area (Å²) in [6.45, 7) is 2.15. The van der Waals surface area contributed by atoms with Gasteiger partial charge in [0.05, 0.1) is 19.2 Å². The Balaban J connectivity index is 2.35. The van der Waals surface area contributed by atoms with E-state index in [4.69, 9.17) is 10.00 Å². The Morgan fingerprint density at radius 2 is 2.31 bits per heavy atom. The molecule has 2 rings (SSSR count). The van der Waals surface area contributed by atoms with E-state index in [0.717, 1.165) is 0 Å². The van der Waals surface area contributed by atoms with E-state index < -0.39 is 23.8 Å². The average molecular weight is 226 g/mol. The lowest BCUT2D eigenvalue weighted by Crippen LogP contribution is -2.09. The van der Waals surface area contributed by atoms with Crippen molar-refractivity contribution in [1.82, 2.24) is 9.97 Å². The molecule has 16 heavy (non-hydrogen) atoms. The smallest absolute Gasteiger partial charge is 0.314 e. The van der Waals surface area contributed by atoms with Gasteiger partial charge in [-0.2, -0.15) is 24.0 Å². The van der Waals surface area contributed by atoms with Gasteiger partial charge in [0.25, 0.3) is 5.88 Å². The Morgan fingerprint density at radius 3 is 2.88 bits per heavy atom. The molecule has 0 N–H and O–H groups in total. The molecule has 1 aromatic rings. The summed E-state index contributed by atoms with van der Waals surface area (Å²) in [6, 6.07) is 1.48. The summed E-state index contributed by atoms with van der Waals surface area (Å²) >= 11 is 0. The van der Waals surface area contributed by atoms with Gasteiger partial charge in [0.15, 0.2) is 5.82 Å². The van der Waals surface area contributed by atoms with E-state index >= 15 is 0 Å². The van der Waals surface area contributed by atoms with Crippen LogP contribution in [-0.2, 0) is 0 Å². The summed E-state index contributed by atoms with van der Waals surface area (Å²) in [5.74, 6) is -1.47. The molecule has 1 aliphatic rings. The lowest BCUT2D eigenvalue weighted by atomic mass is 10.5. The van der Waals surface area contributed by atoms with Gasteiger partial charge in [-0.3, -0.25) is 0 Å². The van der Waals surface area contributed by atoms with Crippen molar-refractivity contribution in [2.75, 3.05) is 18.1 Å². The van der Waals surface area contributed by atoms with Gasteiger partial charge in [0, 0.05) is 0 Å². The van der Waals surface area contributed by atoms with Crippen LogP contribution in [0, 0.1) is 23.2 Å². The molecule has 0 bridgehead atoms. The zero-order valence-electron chi connectivity index (χ0n) is 8.44. The Morgan fingerprint density at radius 1 is 1.56 bits per heavy atom. The summed E-state index contributed by atoms with van der Waals surface area (Å²) in [6.07, 6.45) is -1.07. The van der Waals surface area contributed by atoms with Crippen molar-refractivity contribution >= 4 is 5.82 Å². The fourth-order valence-electron chi connectivity index (χ4n) is 1.30. The third-order valence-electron chi connectivity index (χ3n) is 2.09. The minimum absolute atomic E-state index is 0.175. The minimum atomic E-state index is -1.07. The van der Waals surface area contributed by atoms with Crippen LogP contribution in [-0.4, -0.2) is 29.2 Å². The Hall–Kier alpha value is -1.97. The summed E-state index contributed by atoms with van der Waals surface area (Å²) in [5.41, 5.74) is 0. The number of nitriles is 1. The largest absolute Gasteiger partial charge is 0.476 e.